The first-order valence-corrected chi connectivity index (χ1v) is 8.32. The minimum Gasteiger partial charge on any atom is -0.515 e. The third kappa shape index (κ3) is 1.76. The van der Waals surface area contributed by atoms with Gasteiger partial charge in [-0.2, -0.15) is 5.26 Å². The first-order valence-electron chi connectivity index (χ1n) is 8.32. The summed E-state index contributed by atoms with van der Waals surface area (Å²) < 4.78 is 0. The van der Waals surface area contributed by atoms with Gasteiger partial charge in [0.1, 0.15) is 0 Å². The Labute approximate surface area is 132 Å². The molecule has 0 aliphatic heterocycles. The van der Waals surface area contributed by atoms with Crippen LogP contribution in [0.4, 0.5) is 0 Å². The Hall–Kier alpha value is -1.56. The molecule has 22 heavy (non-hydrogen) atoms. The van der Waals surface area contributed by atoms with Gasteiger partial charge in [0.15, 0.2) is 5.78 Å². The van der Waals surface area contributed by atoms with Crippen molar-refractivity contribution in [3.63, 3.8) is 0 Å². The number of hydrogen-bond acceptors (Lipinski definition) is 3. The molecule has 0 aromatic rings. The van der Waals surface area contributed by atoms with Gasteiger partial charge < -0.3 is 5.11 Å². The number of allylic oxidation sites excluding steroid dienone is 3. The van der Waals surface area contributed by atoms with Crippen LogP contribution in [0.2, 0.25) is 0 Å². The highest BCUT2D eigenvalue weighted by Gasteiger charge is 2.60. The van der Waals surface area contributed by atoms with Crippen LogP contribution in [0.1, 0.15) is 59.3 Å². The molecule has 3 aliphatic rings. The zero-order valence-electron chi connectivity index (χ0n) is 13.8. The summed E-state index contributed by atoms with van der Waals surface area (Å²) >= 11 is 0. The van der Waals surface area contributed by atoms with Crippen LogP contribution < -0.4 is 0 Å². The van der Waals surface area contributed by atoms with Crippen molar-refractivity contribution < 1.29 is 9.90 Å². The number of carbonyl (C=O) groups excluding carboxylic acids is 1. The summed E-state index contributed by atoms with van der Waals surface area (Å²) in [5, 5.41) is 19.4. The van der Waals surface area contributed by atoms with E-state index in [1.807, 2.05) is 13.8 Å². The number of fused-ring (bicyclic) bond motifs is 3. The third-order valence-corrected chi connectivity index (χ3v) is 6.59. The van der Waals surface area contributed by atoms with Gasteiger partial charge in [-0.3, -0.25) is 4.79 Å². The van der Waals surface area contributed by atoms with Crippen LogP contribution in [-0.4, -0.2) is 10.9 Å². The topological polar surface area (TPSA) is 61.1 Å². The van der Waals surface area contributed by atoms with Gasteiger partial charge in [0.05, 0.1) is 17.7 Å². The van der Waals surface area contributed by atoms with E-state index in [0.717, 1.165) is 38.4 Å². The summed E-state index contributed by atoms with van der Waals surface area (Å²) in [6, 6.07) is 2.61. The van der Waals surface area contributed by atoms with E-state index in [0.29, 0.717) is 12.0 Å². The lowest BCUT2D eigenvalue weighted by molar-refractivity contribution is -0.134. The summed E-state index contributed by atoms with van der Waals surface area (Å²) in [7, 11) is 0. The summed E-state index contributed by atoms with van der Waals surface area (Å²) in [4.78, 5) is 12.7. The van der Waals surface area contributed by atoms with E-state index in [-0.39, 0.29) is 22.5 Å². The quantitative estimate of drug-likeness (QED) is 0.408. The molecule has 0 aromatic carbocycles. The number of hydrogen-bond donors (Lipinski definition) is 1. The molecule has 3 atom stereocenters. The van der Waals surface area contributed by atoms with Gasteiger partial charge in [0.25, 0.3) is 0 Å². The SMILES string of the molecule is CC1(C)C(=O)/C(=C\O)C[C@]2(C)C3=CCCC[C@]3(C#N)CC[C@@H]12. The molecule has 3 rings (SSSR count). The van der Waals surface area contributed by atoms with Crippen molar-refractivity contribution >= 4 is 5.78 Å². The molecule has 118 valence electrons. The Kier molecular flexibility index (Phi) is 3.29. The van der Waals surface area contributed by atoms with Crippen LogP contribution in [-0.2, 0) is 4.79 Å². The molecule has 0 amide bonds. The number of aliphatic hydroxyl groups excluding tert-OH is 1. The Morgan fingerprint density at radius 2 is 2.09 bits per heavy atom. The largest absolute Gasteiger partial charge is 0.515 e. The van der Waals surface area contributed by atoms with Crippen molar-refractivity contribution in [2.75, 3.05) is 0 Å². The number of carbonyl (C=O) groups is 1. The highest BCUT2D eigenvalue weighted by Crippen LogP contribution is 2.65. The van der Waals surface area contributed by atoms with Crippen molar-refractivity contribution in [1.29, 1.82) is 5.26 Å². The van der Waals surface area contributed by atoms with Gasteiger partial charge in [0.2, 0.25) is 0 Å². The number of nitrogens with zero attached hydrogens (tertiary/aromatic N) is 1. The molecule has 0 radical (unpaired) electrons. The lowest BCUT2D eigenvalue weighted by Gasteiger charge is -2.59. The van der Waals surface area contributed by atoms with Crippen molar-refractivity contribution in [3.05, 3.63) is 23.5 Å². The van der Waals surface area contributed by atoms with Crippen molar-refractivity contribution in [3.8, 4) is 6.07 Å². The molecule has 0 saturated heterocycles. The molecule has 2 fully saturated rings. The maximum Gasteiger partial charge on any atom is 0.167 e. The average molecular weight is 299 g/mol. The van der Waals surface area contributed by atoms with E-state index in [2.05, 4.69) is 19.1 Å². The number of Topliss-reactive ketones (excluding diaryl/α,β-unsaturated/α-hetero) is 1. The van der Waals surface area contributed by atoms with E-state index in [4.69, 9.17) is 0 Å². The zero-order chi connectivity index (χ0) is 16.2. The number of rotatable bonds is 0. The minimum atomic E-state index is -0.485. The molecule has 0 aromatic heterocycles. The molecule has 3 aliphatic carbocycles. The van der Waals surface area contributed by atoms with E-state index >= 15 is 0 Å². The van der Waals surface area contributed by atoms with Gasteiger partial charge in [-0.15, -0.1) is 0 Å². The second-order valence-electron chi connectivity index (χ2n) is 8.09. The van der Waals surface area contributed by atoms with Crippen molar-refractivity contribution in [2.24, 2.45) is 22.2 Å². The summed E-state index contributed by atoms with van der Waals surface area (Å²) in [6.07, 6.45) is 8.63. The molecule has 1 N–H and O–H groups in total. The fraction of sp³-hybridized carbons (Fsp3) is 0.684. The average Bonchev–Trinajstić information content (AvgIpc) is 2.51. The zero-order valence-corrected chi connectivity index (χ0v) is 13.8. The molecule has 2 saturated carbocycles. The smallest absolute Gasteiger partial charge is 0.167 e. The Balaban J connectivity index is 2.17. The van der Waals surface area contributed by atoms with Crippen molar-refractivity contribution in [1.82, 2.24) is 0 Å². The van der Waals surface area contributed by atoms with E-state index in [1.54, 1.807) is 0 Å². The van der Waals surface area contributed by atoms with Gasteiger partial charge in [-0.25, -0.2) is 0 Å². The molecular formula is C19H25NO2. The molecule has 3 heteroatoms. The normalized spacial score (nSPS) is 42.1. The highest BCUT2D eigenvalue weighted by molar-refractivity contribution is 6.00. The second kappa shape index (κ2) is 4.72. The van der Waals surface area contributed by atoms with E-state index in [1.165, 1.54) is 5.57 Å². The van der Waals surface area contributed by atoms with Gasteiger partial charge >= 0.3 is 0 Å². The van der Waals surface area contributed by atoms with Crippen LogP contribution >= 0.6 is 0 Å². The van der Waals surface area contributed by atoms with Gasteiger partial charge in [0, 0.05) is 11.0 Å². The molecule has 3 nitrogen and oxygen atoms in total. The summed E-state index contributed by atoms with van der Waals surface area (Å²) in [5.41, 5.74) is 0.733. The van der Waals surface area contributed by atoms with Gasteiger partial charge in [-0.05, 0) is 55.4 Å². The maximum atomic E-state index is 12.7. The van der Waals surface area contributed by atoms with Crippen LogP contribution in [0, 0.1) is 33.5 Å². The van der Waals surface area contributed by atoms with Crippen LogP contribution in [0.3, 0.4) is 0 Å². The first-order chi connectivity index (χ1) is 10.3. The highest BCUT2D eigenvalue weighted by atomic mass is 16.2. The molecular weight excluding hydrogens is 274 g/mol. The monoisotopic (exact) mass is 299 g/mol. The third-order valence-electron chi connectivity index (χ3n) is 6.59. The van der Waals surface area contributed by atoms with Crippen LogP contribution in [0.25, 0.3) is 0 Å². The second-order valence-corrected chi connectivity index (χ2v) is 8.09. The van der Waals surface area contributed by atoms with Crippen LogP contribution in [0.15, 0.2) is 23.5 Å². The lowest BCUT2D eigenvalue weighted by Crippen LogP contribution is -2.55. The van der Waals surface area contributed by atoms with E-state index in [9.17, 15) is 15.2 Å². The van der Waals surface area contributed by atoms with Crippen molar-refractivity contribution in [2.45, 2.75) is 59.3 Å². The molecule has 0 bridgehead atoms. The van der Waals surface area contributed by atoms with E-state index < -0.39 is 5.41 Å². The summed E-state index contributed by atoms with van der Waals surface area (Å²) in [5.74, 6) is 0.306. The molecule has 0 heterocycles. The number of ketones is 1. The Morgan fingerprint density at radius 1 is 1.36 bits per heavy atom. The van der Waals surface area contributed by atoms with Crippen LogP contribution in [0.5, 0.6) is 0 Å². The number of nitriles is 1. The van der Waals surface area contributed by atoms with Gasteiger partial charge in [-0.1, -0.05) is 26.8 Å². The Bertz CT molecular complexity index is 622. The maximum absolute atomic E-state index is 12.7. The lowest BCUT2D eigenvalue weighted by atomic mass is 9.43. The predicted octanol–water partition coefficient (Wildman–Crippen LogP) is 4.46. The predicted molar refractivity (Wildman–Crippen MR) is 84.9 cm³/mol. The molecule has 0 unspecified atom stereocenters. The first kappa shape index (κ1) is 15.3. The number of aliphatic hydroxyl groups is 1. The minimum absolute atomic E-state index is 0.0679. The fourth-order valence-electron chi connectivity index (χ4n) is 5.62. The summed E-state index contributed by atoms with van der Waals surface area (Å²) in [6.45, 7) is 6.21. The molecule has 0 spiro atoms. The standard InChI is InChI=1S/C19H25NO2/c1-17(2)14-7-9-19(12-20)8-5-4-6-15(19)18(14,3)10-13(11-21)16(17)22/h6,11,14,21H,4-5,7-10H2,1-3H3/b13-11-/t14-,18-,19+/m0/s1. The fourth-order valence-corrected chi connectivity index (χ4v) is 5.62. The Morgan fingerprint density at radius 3 is 2.73 bits per heavy atom.